The Balaban J connectivity index is 2.01. The van der Waals surface area contributed by atoms with E-state index in [0.717, 1.165) is 23.9 Å². The summed E-state index contributed by atoms with van der Waals surface area (Å²) in [5.41, 5.74) is 3.31. The number of methoxy groups -OCH3 is 1. The molecule has 1 fully saturated rings. The molecule has 1 aromatic carbocycles. The minimum atomic E-state index is -0.409. The van der Waals surface area contributed by atoms with Crippen LogP contribution in [0.5, 0.6) is 0 Å². The normalized spacial score (nSPS) is 14.1. The van der Waals surface area contributed by atoms with Crippen molar-refractivity contribution in [3.63, 3.8) is 0 Å². The molecule has 0 bridgehead atoms. The summed E-state index contributed by atoms with van der Waals surface area (Å²) in [5.74, 6) is -0.0208. The van der Waals surface area contributed by atoms with Gasteiger partial charge in [0.05, 0.1) is 34.5 Å². The summed E-state index contributed by atoms with van der Waals surface area (Å²) < 4.78 is 6.70. The number of aryl methyl sites for hydroxylation is 1. The number of halogens is 2. The molecular weight excluding hydrogens is 361 g/mol. The Morgan fingerprint density at radius 3 is 2.68 bits per heavy atom. The molecule has 25 heavy (non-hydrogen) atoms. The summed E-state index contributed by atoms with van der Waals surface area (Å²) in [6.45, 7) is 0. The summed E-state index contributed by atoms with van der Waals surface area (Å²) in [7, 11) is 3.20. The maximum absolute atomic E-state index is 12.4. The van der Waals surface area contributed by atoms with E-state index in [0.29, 0.717) is 38.4 Å². The topological polar surface area (TPSA) is 57.0 Å². The number of pyridine rings is 1. The van der Waals surface area contributed by atoms with Gasteiger partial charge in [0.15, 0.2) is 5.65 Å². The Labute approximate surface area is 154 Å². The van der Waals surface area contributed by atoms with Crippen molar-refractivity contribution < 1.29 is 9.53 Å². The molecule has 0 saturated heterocycles. The average molecular weight is 376 g/mol. The van der Waals surface area contributed by atoms with E-state index in [1.807, 2.05) is 7.05 Å². The van der Waals surface area contributed by atoms with Crippen LogP contribution in [0.3, 0.4) is 0 Å². The molecule has 0 atom stereocenters. The number of fused-ring (bicyclic) bond motifs is 1. The highest BCUT2D eigenvalue weighted by molar-refractivity contribution is 6.36. The second-order valence-electron chi connectivity index (χ2n) is 6.15. The first-order valence-corrected chi connectivity index (χ1v) is 8.66. The van der Waals surface area contributed by atoms with Crippen LogP contribution >= 0.6 is 23.2 Å². The molecule has 0 N–H and O–H groups in total. The molecule has 0 radical (unpaired) electrons. The molecule has 0 amide bonds. The summed E-state index contributed by atoms with van der Waals surface area (Å²) in [4.78, 5) is 17.1. The van der Waals surface area contributed by atoms with Crippen molar-refractivity contribution in [2.75, 3.05) is 7.11 Å². The predicted octanol–water partition coefficient (Wildman–Crippen LogP) is 4.61. The van der Waals surface area contributed by atoms with E-state index in [9.17, 15) is 4.79 Å². The zero-order valence-electron chi connectivity index (χ0n) is 13.7. The van der Waals surface area contributed by atoms with E-state index in [2.05, 4.69) is 5.10 Å². The number of esters is 1. The van der Waals surface area contributed by atoms with Crippen molar-refractivity contribution in [1.29, 1.82) is 0 Å². The van der Waals surface area contributed by atoms with Crippen LogP contribution in [0.2, 0.25) is 10.0 Å². The molecule has 1 aliphatic carbocycles. The zero-order chi connectivity index (χ0) is 17.7. The smallest absolute Gasteiger partial charge is 0.338 e. The van der Waals surface area contributed by atoms with Crippen LogP contribution in [0.15, 0.2) is 24.3 Å². The molecule has 5 nitrogen and oxygen atoms in total. The number of carbonyl (C=O) groups is 1. The predicted molar refractivity (Wildman–Crippen MR) is 97.3 cm³/mol. The fourth-order valence-corrected chi connectivity index (χ4v) is 3.53. The van der Waals surface area contributed by atoms with Gasteiger partial charge in [-0.15, -0.1) is 0 Å². The standard InChI is InChI=1S/C18H15Cl2N3O2/c1-23-17-15(16(22-23)9-3-4-9)12(18(24)25-2)8-14(21-17)11-6-5-10(19)7-13(11)20/h5-9H,3-4H2,1-2H3. The van der Waals surface area contributed by atoms with Gasteiger partial charge in [0.25, 0.3) is 0 Å². The minimum absolute atomic E-state index is 0.388. The SMILES string of the molecule is COC(=O)c1cc(-c2ccc(Cl)cc2Cl)nc2c1c(C1CC1)nn2C. The van der Waals surface area contributed by atoms with E-state index >= 15 is 0 Å². The Bertz CT molecular complexity index is 1010. The lowest BCUT2D eigenvalue weighted by atomic mass is 10.0. The number of ether oxygens (including phenoxy) is 1. The van der Waals surface area contributed by atoms with E-state index in [1.165, 1.54) is 7.11 Å². The van der Waals surface area contributed by atoms with Gasteiger partial charge < -0.3 is 4.74 Å². The highest BCUT2D eigenvalue weighted by Gasteiger charge is 2.32. The van der Waals surface area contributed by atoms with Crippen LogP contribution in [0.4, 0.5) is 0 Å². The lowest BCUT2D eigenvalue weighted by Gasteiger charge is -2.09. The Hall–Kier alpha value is -2.11. The van der Waals surface area contributed by atoms with Crippen molar-refractivity contribution in [3.05, 3.63) is 45.6 Å². The summed E-state index contributed by atoms with van der Waals surface area (Å²) in [6, 6.07) is 6.90. The van der Waals surface area contributed by atoms with Gasteiger partial charge in [-0.05, 0) is 37.1 Å². The maximum Gasteiger partial charge on any atom is 0.338 e. The Kier molecular flexibility index (Phi) is 3.93. The lowest BCUT2D eigenvalue weighted by molar-refractivity contribution is 0.0603. The fourth-order valence-electron chi connectivity index (χ4n) is 3.03. The van der Waals surface area contributed by atoms with E-state index < -0.39 is 5.97 Å². The van der Waals surface area contributed by atoms with Gasteiger partial charge in [0.2, 0.25) is 0 Å². The van der Waals surface area contributed by atoms with Crippen molar-refractivity contribution in [1.82, 2.24) is 14.8 Å². The second-order valence-corrected chi connectivity index (χ2v) is 7.00. The molecule has 1 saturated carbocycles. The van der Waals surface area contributed by atoms with Gasteiger partial charge in [0.1, 0.15) is 0 Å². The molecule has 128 valence electrons. The second kappa shape index (κ2) is 6.00. The molecule has 0 spiro atoms. The van der Waals surface area contributed by atoms with Crippen molar-refractivity contribution in [2.45, 2.75) is 18.8 Å². The van der Waals surface area contributed by atoms with Gasteiger partial charge in [-0.2, -0.15) is 5.10 Å². The first kappa shape index (κ1) is 16.4. The number of benzene rings is 1. The molecule has 0 aliphatic heterocycles. The van der Waals surface area contributed by atoms with Crippen LogP contribution < -0.4 is 0 Å². The lowest BCUT2D eigenvalue weighted by Crippen LogP contribution is -2.05. The quantitative estimate of drug-likeness (QED) is 0.627. The number of hydrogen-bond acceptors (Lipinski definition) is 4. The number of aromatic nitrogens is 3. The molecule has 7 heteroatoms. The van der Waals surface area contributed by atoms with Crippen LogP contribution in [-0.4, -0.2) is 27.8 Å². The number of rotatable bonds is 3. The highest BCUT2D eigenvalue weighted by atomic mass is 35.5. The molecule has 0 unspecified atom stereocenters. The van der Waals surface area contributed by atoms with Crippen molar-refractivity contribution in [2.24, 2.45) is 7.05 Å². The van der Waals surface area contributed by atoms with Crippen LogP contribution in [-0.2, 0) is 11.8 Å². The third kappa shape index (κ3) is 2.77. The monoisotopic (exact) mass is 375 g/mol. The summed E-state index contributed by atoms with van der Waals surface area (Å²) in [6.07, 6.45) is 2.16. The van der Waals surface area contributed by atoms with E-state index in [-0.39, 0.29) is 0 Å². The Morgan fingerprint density at radius 1 is 1.28 bits per heavy atom. The van der Waals surface area contributed by atoms with Crippen molar-refractivity contribution >= 4 is 40.2 Å². The van der Waals surface area contributed by atoms with Crippen molar-refractivity contribution in [3.8, 4) is 11.3 Å². The highest BCUT2D eigenvalue weighted by Crippen LogP contribution is 2.43. The molecule has 3 aromatic rings. The molecule has 1 aliphatic rings. The zero-order valence-corrected chi connectivity index (χ0v) is 15.2. The van der Waals surface area contributed by atoms with Crippen LogP contribution in [0.1, 0.15) is 34.8 Å². The maximum atomic E-state index is 12.4. The van der Waals surface area contributed by atoms with Gasteiger partial charge in [0, 0.05) is 23.6 Å². The van der Waals surface area contributed by atoms with Gasteiger partial charge in [-0.3, -0.25) is 4.68 Å². The molecule has 4 rings (SSSR count). The van der Waals surface area contributed by atoms with Gasteiger partial charge in [-0.1, -0.05) is 23.2 Å². The number of hydrogen-bond donors (Lipinski definition) is 0. The summed E-state index contributed by atoms with van der Waals surface area (Å²) >= 11 is 12.3. The first-order chi connectivity index (χ1) is 12.0. The van der Waals surface area contributed by atoms with Gasteiger partial charge in [-0.25, -0.2) is 9.78 Å². The van der Waals surface area contributed by atoms with E-state index in [4.69, 9.17) is 32.9 Å². The minimum Gasteiger partial charge on any atom is -0.465 e. The number of carbonyl (C=O) groups excluding carboxylic acids is 1. The molecule has 2 heterocycles. The average Bonchev–Trinajstić information content (AvgIpc) is 3.38. The van der Waals surface area contributed by atoms with Crippen LogP contribution in [0.25, 0.3) is 22.3 Å². The third-order valence-electron chi connectivity index (χ3n) is 4.40. The summed E-state index contributed by atoms with van der Waals surface area (Å²) in [5, 5.41) is 6.38. The third-order valence-corrected chi connectivity index (χ3v) is 4.95. The van der Waals surface area contributed by atoms with E-state index in [1.54, 1.807) is 28.9 Å². The first-order valence-electron chi connectivity index (χ1n) is 7.91. The largest absolute Gasteiger partial charge is 0.465 e. The fraction of sp³-hybridized carbons (Fsp3) is 0.278. The Morgan fingerprint density at radius 2 is 2.04 bits per heavy atom. The van der Waals surface area contributed by atoms with Crippen LogP contribution in [0, 0.1) is 0 Å². The number of nitrogens with zero attached hydrogens (tertiary/aromatic N) is 3. The molecule has 2 aromatic heterocycles. The molecular formula is C18H15Cl2N3O2. The van der Waals surface area contributed by atoms with Gasteiger partial charge >= 0.3 is 5.97 Å².